The molecule has 1 amide bonds. The number of carbonyl (C=O) groups excluding carboxylic acids is 1. The van der Waals surface area contributed by atoms with E-state index in [-0.39, 0.29) is 10.8 Å². The molecule has 8 nitrogen and oxygen atoms in total. The lowest BCUT2D eigenvalue weighted by molar-refractivity contribution is -0.113. The van der Waals surface area contributed by atoms with Crippen molar-refractivity contribution in [1.29, 1.82) is 0 Å². The van der Waals surface area contributed by atoms with Gasteiger partial charge >= 0.3 is 0 Å². The van der Waals surface area contributed by atoms with Gasteiger partial charge in [-0.25, -0.2) is 13.1 Å². The molecule has 0 N–H and O–H groups in total. The summed E-state index contributed by atoms with van der Waals surface area (Å²) in [6, 6.07) is 16.6. The van der Waals surface area contributed by atoms with Crippen LogP contribution in [-0.4, -0.2) is 64.7 Å². The van der Waals surface area contributed by atoms with E-state index in [9.17, 15) is 13.2 Å². The molecule has 2 aliphatic heterocycles. The molecule has 2 aromatic carbocycles. The molecule has 204 valence electrons. The van der Waals surface area contributed by atoms with Gasteiger partial charge in [-0.05, 0) is 60.9 Å². The maximum absolute atomic E-state index is 13.2. The van der Waals surface area contributed by atoms with Crippen molar-refractivity contribution in [3.63, 3.8) is 0 Å². The molecule has 0 bridgehead atoms. The zero-order valence-electron chi connectivity index (χ0n) is 22.4. The third-order valence-electron chi connectivity index (χ3n) is 7.16. The summed E-state index contributed by atoms with van der Waals surface area (Å²) in [6.45, 7) is 8.49. The number of aromatic nitrogens is 2. The van der Waals surface area contributed by atoms with Crippen molar-refractivity contribution in [3.8, 4) is 16.9 Å². The second-order valence-corrected chi connectivity index (χ2v) is 12.8. The van der Waals surface area contributed by atoms with Gasteiger partial charge in [0.25, 0.3) is 5.91 Å². The molecule has 39 heavy (non-hydrogen) atoms. The number of para-hydroxylation sites is 1. The van der Waals surface area contributed by atoms with Crippen molar-refractivity contribution in [2.75, 3.05) is 26.2 Å². The van der Waals surface area contributed by atoms with Crippen LogP contribution < -0.4 is 0 Å². The minimum atomic E-state index is -3.64. The van der Waals surface area contributed by atoms with Crippen LogP contribution in [0.3, 0.4) is 0 Å². The van der Waals surface area contributed by atoms with Crippen molar-refractivity contribution in [1.82, 2.24) is 19.0 Å². The summed E-state index contributed by atoms with van der Waals surface area (Å²) in [4.78, 5) is 20.2. The number of likely N-dealkylation sites (tertiary alicyclic amines) is 1. The summed E-state index contributed by atoms with van der Waals surface area (Å²) < 4.78 is 29.7. The van der Waals surface area contributed by atoms with Gasteiger partial charge in [0.2, 0.25) is 10.0 Å². The standard InChI is InChI=1S/C29H33N5O3S2/c1-4-33(5-2)39(36,37)25-13-9-10-22(18-25)27-23(20-34(31-27)24-11-7-6-8-12-24)19-26-28(35)30-29(38-26)32-16-14-21(3)15-17-32/h6-13,18-21H,4-5,14-17H2,1-3H3/b26-19-. The first-order valence-electron chi connectivity index (χ1n) is 13.3. The lowest BCUT2D eigenvalue weighted by Gasteiger charge is -2.30. The summed E-state index contributed by atoms with van der Waals surface area (Å²) in [5, 5.41) is 5.59. The Morgan fingerprint density at radius 1 is 1.05 bits per heavy atom. The Morgan fingerprint density at radius 3 is 2.46 bits per heavy atom. The highest BCUT2D eigenvalue weighted by Crippen LogP contribution is 2.35. The highest BCUT2D eigenvalue weighted by molar-refractivity contribution is 8.18. The highest BCUT2D eigenvalue weighted by Gasteiger charge is 2.29. The van der Waals surface area contributed by atoms with Gasteiger partial charge in [0.15, 0.2) is 5.17 Å². The van der Waals surface area contributed by atoms with E-state index in [0.717, 1.165) is 42.3 Å². The van der Waals surface area contributed by atoms with Gasteiger partial charge in [-0.15, -0.1) is 0 Å². The van der Waals surface area contributed by atoms with Crippen LogP contribution in [0.25, 0.3) is 23.0 Å². The SMILES string of the molecule is CCN(CC)S(=O)(=O)c1cccc(-c2nn(-c3ccccc3)cc2/C=C2\SC(N3CCC(C)CC3)=NC2=O)c1. The summed E-state index contributed by atoms with van der Waals surface area (Å²) in [5.74, 6) is 0.427. The first-order chi connectivity index (χ1) is 18.8. The fraction of sp³-hybridized carbons (Fsp3) is 0.345. The second-order valence-electron chi connectivity index (χ2n) is 9.81. The molecule has 0 atom stereocenters. The Kier molecular flexibility index (Phi) is 8.06. The van der Waals surface area contributed by atoms with Crippen LogP contribution in [0.15, 0.2) is 75.6 Å². The molecule has 0 unspecified atom stereocenters. The summed E-state index contributed by atoms with van der Waals surface area (Å²) in [7, 11) is -3.64. The van der Waals surface area contributed by atoms with Crippen LogP contribution in [0.4, 0.5) is 0 Å². The summed E-state index contributed by atoms with van der Waals surface area (Å²) >= 11 is 1.40. The Hall–Kier alpha value is -3.21. The number of hydrogen-bond donors (Lipinski definition) is 0. The van der Waals surface area contributed by atoms with E-state index in [1.165, 1.54) is 16.1 Å². The Labute approximate surface area is 234 Å². The fourth-order valence-corrected chi connectivity index (χ4v) is 7.28. The molecule has 3 heterocycles. The number of amidine groups is 1. The molecule has 2 aliphatic rings. The van der Waals surface area contributed by atoms with Gasteiger partial charge in [-0.2, -0.15) is 14.4 Å². The molecule has 1 aromatic heterocycles. The summed E-state index contributed by atoms with van der Waals surface area (Å²) in [6.07, 6.45) is 5.88. The van der Waals surface area contributed by atoms with Crippen LogP contribution in [0, 0.1) is 5.92 Å². The number of benzene rings is 2. The molecule has 10 heteroatoms. The van der Waals surface area contributed by atoms with Gasteiger partial charge in [-0.3, -0.25) is 4.79 Å². The molecule has 0 spiro atoms. The lowest BCUT2D eigenvalue weighted by Crippen LogP contribution is -2.35. The molecular weight excluding hydrogens is 530 g/mol. The van der Waals surface area contributed by atoms with Gasteiger partial charge in [-0.1, -0.05) is 51.1 Å². The molecule has 0 aliphatic carbocycles. The minimum Gasteiger partial charge on any atom is -0.351 e. The van der Waals surface area contributed by atoms with Crippen molar-refractivity contribution in [2.24, 2.45) is 10.9 Å². The number of carbonyl (C=O) groups is 1. The number of nitrogens with zero attached hydrogens (tertiary/aromatic N) is 5. The quantitative estimate of drug-likeness (QED) is 0.364. The van der Waals surface area contributed by atoms with E-state index in [1.807, 2.05) is 62.5 Å². The van der Waals surface area contributed by atoms with Gasteiger partial charge < -0.3 is 4.90 Å². The van der Waals surface area contributed by atoms with Crippen LogP contribution >= 0.6 is 11.8 Å². The zero-order valence-corrected chi connectivity index (χ0v) is 24.1. The van der Waals surface area contributed by atoms with Crippen LogP contribution in [0.5, 0.6) is 0 Å². The predicted molar refractivity (Wildman–Crippen MR) is 157 cm³/mol. The maximum Gasteiger partial charge on any atom is 0.286 e. The Morgan fingerprint density at radius 2 is 1.77 bits per heavy atom. The largest absolute Gasteiger partial charge is 0.351 e. The number of sulfonamides is 1. The predicted octanol–water partition coefficient (Wildman–Crippen LogP) is 5.27. The number of amides is 1. The lowest BCUT2D eigenvalue weighted by atomic mass is 10.00. The van der Waals surface area contributed by atoms with E-state index in [1.54, 1.807) is 22.9 Å². The maximum atomic E-state index is 13.2. The van der Waals surface area contributed by atoms with E-state index in [4.69, 9.17) is 5.10 Å². The molecule has 0 radical (unpaired) electrons. The molecule has 3 aromatic rings. The van der Waals surface area contributed by atoms with E-state index < -0.39 is 10.0 Å². The normalized spacial score (nSPS) is 17.8. The number of thioether (sulfide) groups is 1. The molecular formula is C29H33N5O3S2. The average Bonchev–Trinajstić information content (AvgIpc) is 3.54. The van der Waals surface area contributed by atoms with Crippen LogP contribution in [0.2, 0.25) is 0 Å². The number of rotatable bonds is 7. The first kappa shape index (κ1) is 27.4. The Balaban J connectivity index is 1.53. The van der Waals surface area contributed by atoms with E-state index >= 15 is 0 Å². The molecule has 5 rings (SSSR count). The third kappa shape index (κ3) is 5.73. The van der Waals surface area contributed by atoms with Crippen molar-refractivity contribution >= 4 is 38.9 Å². The number of aliphatic imine (C=N–C) groups is 1. The Bertz CT molecular complexity index is 1520. The molecule has 1 fully saturated rings. The smallest absolute Gasteiger partial charge is 0.286 e. The van der Waals surface area contributed by atoms with E-state index in [0.29, 0.717) is 35.2 Å². The topological polar surface area (TPSA) is 87.9 Å². The van der Waals surface area contributed by atoms with Crippen molar-refractivity contribution in [2.45, 2.75) is 38.5 Å². The van der Waals surface area contributed by atoms with E-state index in [2.05, 4.69) is 16.8 Å². The highest BCUT2D eigenvalue weighted by atomic mass is 32.2. The van der Waals surface area contributed by atoms with Gasteiger partial charge in [0.05, 0.1) is 15.5 Å². The third-order valence-corrected chi connectivity index (χ3v) is 10.3. The zero-order chi connectivity index (χ0) is 27.6. The summed E-state index contributed by atoms with van der Waals surface area (Å²) in [5.41, 5.74) is 2.83. The molecule has 0 saturated carbocycles. The van der Waals surface area contributed by atoms with Gasteiger partial charge in [0.1, 0.15) is 5.69 Å². The second kappa shape index (κ2) is 11.5. The number of piperidine rings is 1. The van der Waals surface area contributed by atoms with Crippen molar-refractivity contribution < 1.29 is 13.2 Å². The minimum absolute atomic E-state index is 0.216. The first-order valence-corrected chi connectivity index (χ1v) is 15.6. The van der Waals surface area contributed by atoms with Crippen LogP contribution in [-0.2, 0) is 14.8 Å². The fourth-order valence-electron chi connectivity index (χ4n) is 4.82. The van der Waals surface area contributed by atoms with Crippen molar-refractivity contribution in [3.05, 3.63) is 71.3 Å². The van der Waals surface area contributed by atoms with Crippen LogP contribution in [0.1, 0.15) is 39.2 Å². The average molecular weight is 564 g/mol. The monoisotopic (exact) mass is 563 g/mol. The van der Waals surface area contributed by atoms with Gasteiger partial charge in [0, 0.05) is 43.5 Å². The molecule has 1 saturated heterocycles. The number of hydrogen-bond acceptors (Lipinski definition) is 6.